The number of nitrogens with one attached hydrogen (secondary N) is 2. The van der Waals surface area contributed by atoms with E-state index in [0.29, 0.717) is 22.6 Å². The van der Waals surface area contributed by atoms with Gasteiger partial charge in [-0.1, -0.05) is 6.92 Å². The Morgan fingerprint density at radius 3 is 2.94 bits per heavy atom. The minimum atomic E-state index is -0.143. The van der Waals surface area contributed by atoms with Crippen molar-refractivity contribution in [2.24, 2.45) is 5.92 Å². The van der Waals surface area contributed by atoms with Crippen LogP contribution < -0.4 is 10.6 Å². The summed E-state index contributed by atoms with van der Waals surface area (Å²) in [4.78, 5) is 15.8. The van der Waals surface area contributed by atoms with E-state index < -0.39 is 0 Å². The third-order valence-corrected chi connectivity index (χ3v) is 2.78. The number of carbonyl (C=O) groups excluding carboxylic acids is 1. The van der Waals surface area contributed by atoms with Gasteiger partial charge < -0.3 is 10.6 Å². The molecule has 0 aromatic carbocycles. The van der Waals surface area contributed by atoms with E-state index in [4.69, 9.17) is 0 Å². The minimum Gasteiger partial charge on any atom is -0.350 e. The van der Waals surface area contributed by atoms with Gasteiger partial charge in [0.15, 0.2) is 0 Å². The highest BCUT2D eigenvalue weighted by Crippen LogP contribution is 2.12. The van der Waals surface area contributed by atoms with Gasteiger partial charge in [0.1, 0.15) is 5.69 Å². The van der Waals surface area contributed by atoms with Crippen LogP contribution in [0, 0.1) is 5.92 Å². The molecule has 0 aliphatic carbocycles. The predicted octanol–water partition coefficient (Wildman–Crippen LogP) is 1.43. The van der Waals surface area contributed by atoms with E-state index in [0.717, 1.165) is 6.54 Å². The fourth-order valence-corrected chi connectivity index (χ4v) is 1.76. The lowest BCUT2D eigenvalue weighted by Gasteiger charge is -2.11. The molecule has 0 radical (unpaired) electrons. The number of aromatic nitrogens is 1. The third kappa shape index (κ3) is 3.90. The molecular weight excluding hydrogens is 270 g/mol. The van der Waals surface area contributed by atoms with Crippen molar-refractivity contribution in [2.75, 3.05) is 20.1 Å². The highest BCUT2D eigenvalue weighted by atomic mass is 79.9. The van der Waals surface area contributed by atoms with Crippen LogP contribution in [0.3, 0.4) is 0 Å². The first-order chi connectivity index (χ1) is 7.65. The molecule has 5 heteroatoms. The maximum atomic E-state index is 11.8. The van der Waals surface area contributed by atoms with E-state index in [1.807, 2.05) is 7.05 Å². The van der Waals surface area contributed by atoms with Gasteiger partial charge in [0, 0.05) is 17.2 Å². The Morgan fingerprint density at radius 2 is 2.31 bits per heavy atom. The second-order valence-electron chi connectivity index (χ2n) is 3.71. The number of hydrogen-bond donors (Lipinski definition) is 2. The molecule has 16 heavy (non-hydrogen) atoms. The van der Waals surface area contributed by atoms with Crippen molar-refractivity contribution in [3.8, 4) is 0 Å². The Labute approximate surface area is 104 Å². The van der Waals surface area contributed by atoms with Crippen LogP contribution in [0.1, 0.15) is 17.4 Å². The average molecular weight is 286 g/mol. The molecule has 1 atom stereocenters. The first-order valence-electron chi connectivity index (χ1n) is 5.18. The zero-order chi connectivity index (χ0) is 12.0. The Morgan fingerprint density at radius 1 is 1.56 bits per heavy atom. The second-order valence-corrected chi connectivity index (χ2v) is 4.56. The molecule has 2 N–H and O–H groups in total. The fraction of sp³-hybridized carbons (Fsp3) is 0.455. The van der Waals surface area contributed by atoms with E-state index in [1.165, 1.54) is 0 Å². The highest BCUT2D eigenvalue weighted by Gasteiger charge is 2.11. The summed E-state index contributed by atoms with van der Waals surface area (Å²) in [6.07, 6.45) is 1.61. The van der Waals surface area contributed by atoms with Gasteiger partial charge in [-0.05, 0) is 47.6 Å². The molecule has 0 fully saturated rings. The SMILES string of the molecule is CNCC(C)CNC(=O)c1ncccc1Br. The average Bonchev–Trinajstić information content (AvgIpc) is 2.27. The Kier molecular flexibility index (Phi) is 5.42. The summed E-state index contributed by atoms with van der Waals surface area (Å²) >= 11 is 3.30. The molecule has 0 aliphatic heterocycles. The molecule has 0 spiro atoms. The summed E-state index contributed by atoms with van der Waals surface area (Å²) in [7, 11) is 1.90. The predicted molar refractivity (Wildman–Crippen MR) is 67.4 cm³/mol. The summed E-state index contributed by atoms with van der Waals surface area (Å²) in [5.74, 6) is 0.256. The Bertz CT molecular complexity index is 357. The van der Waals surface area contributed by atoms with Crippen LogP contribution in [-0.2, 0) is 0 Å². The van der Waals surface area contributed by atoms with E-state index in [2.05, 4.69) is 38.5 Å². The topological polar surface area (TPSA) is 54.0 Å². The van der Waals surface area contributed by atoms with E-state index >= 15 is 0 Å². The van der Waals surface area contributed by atoms with Gasteiger partial charge in [-0.15, -0.1) is 0 Å². The number of halogens is 1. The molecule has 0 aliphatic rings. The number of amides is 1. The molecule has 0 saturated heterocycles. The van der Waals surface area contributed by atoms with Crippen molar-refractivity contribution in [2.45, 2.75) is 6.92 Å². The van der Waals surface area contributed by atoms with Crippen LogP contribution >= 0.6 is 15.9 Å². The Hall–Kier alpha value is -0.940. The first-order valence-corrected chi connectivity index (χ1v) is 5.97. The van der Waals surface area contributed by atoms with Crippen LogP contribution in [0.15, 0.2) is 22.8 Å². The van der Waals surface area contributed by atoms with Crippen LogP contribution in [0.5, 0.6) is 0 Å². The van der Waals surface area contributed by atoms with Gasteiger partial charge in [-0.3, -0.25) is 4.79 Å². The number of pyridine rings is 1. The number of carbonyl (C=O) groups is 1. The van der Waals surface area contributed by atoms with Crippen LogP contribution in [0.25, 0.3) is 0 Å². The first kappa shape index (κ1) is 13.1. The molecule has 1 aromatic heterocycles. The van der Waals surface area contributed by atoms with Gasteiger partial charge in [0.05, 0.1) is 0 Å². The molecule has 0 bridgehead atoms. The molecule has 1 amide bonds. The zero-order valence-electron chi connectivity index (χ0n) is 9.46. The molecule has 0 saturated carbocycles. The van der Waals surface area contributed by atoms with Crippen LogP contribution in [-0.4, -0.2) is 31.0 Å². The lowest BCUT2D eigenvalue weighted by molar-refractivity contribution is 0.0942. The van der Waals surface area contributed by atoms with Crippen molar-refractivity contribution >= 4 is 21.8 Å². The lowest BCUT2D eigenvalue weighted by Crippen LogP contribution is -2.32. The summed E-state index contributed by atoms with van der Waals surface area (Å²) in [6, 6.07) is 3.59. The number of rotatable bonds is 5. The summed E-state index contributed by atoms with van der Waals surface area (Å²) in [5, 5.41) is 5.92. The Balaban J connectivity index is 2.50. The second kappa shape index (κ2) is 6.60. The maximum absolute atomic E-state index is 11.8. The van der Waals surface area contributed by atoms with Gasteiger partial charge >= 0.3 is 0 Å². The monoisotopic (exact) mass is 285 g/mol. The van der Waals surface area contributed by atoms with Crippen molar-refractivity contribution in [1.29, 1.82) is 0 Å². The summed E-state index contributed by atoms with van der Waals surface area (Å²) in [6.45, 7) is 3.59. The van der Waals surface area contributed by atoms with Gasteiger partial charge in [-0.25, -0.2) is 4.98 Å². The fourth-order valence-electron chi connectivity index (χ4n) is 1.32. The molecule has 4 nitrogen and oxygen atoms in total. The molecular formula is C11H16BrN3O. The van der Waals surface area contributed by atoms with E-state index in [1.54, 1.807) is 18.3 Å². The standard InChI is InChI=1S/C11H16BrN3O/c1-8(6-13-2)7-15-11(16)10-9(12)4-3-5-14-10/h3-5,8,13H,6-7H2,1-2H3,(H,15,16). The molecule has 1 aromatic rings. The van der Waals surface area contributed by atoms with E-state index in [-0.39, 0.29) is 5.91 Å². The molecule has 1 heterocycles. The zero-order valence-corrected chi connectivity index (χ0v) is 11.0. The maximum Gasteiger partial charge on any atom is 0.271 e. The highest BCUT2D eigenvalue weighted by molar-refractivity contribution is 9.10. The van der Waals surface area contributed by atoms with Crippen LogP contribution in [0.2, 0.25) is 0 Å². The molecule has 1 unspecified atom stereocenters. The quantitative estimate of drug-likeness (QED) is 0.861. The smallest absolute Gasteiger partial charge is 0.271 e. The minimum absolute atomic E-state index is 0.143. The van der Waals surface area contributed by atoms with Crippen molar-refractivity contribution in [3.63, 3.8) is 0 Å². The van der Waals surface area contributed by atoms with Gasteiger partial charge in [0.2, 0.25) is 0 Å². The van der Waals surface area contributed by atoms with Gasteiger partial charge in [-0.2, -0.15) is 0 Å². The van der Waals surface area contributed by atoms with E-state index in [9.17, 15) is 4.79 Å². The summed E-state index contributed by atoms with van der Waals surface area (Å²) in [5.41, 5.74) is 0.430. The third-order valence-electron chi connectivity index (χ3n) is 2.14. The lowest BCUT2D eigenvalue weighted by atomic mass is 10.2. The van der Waals surface area contributed by atoms with Gasteiger partial charge in [0.25, 0.3) is 5.91 Å². The largest absolute Gasteiger partial charge is 0.350 e. The van der Waals surface area contributed by atoms with Crippen molar-refractivity contribution in [1.82, 2.24) is 15.6 Å². The molecule has 88 valence electrons. The number of hydrogen-bond acceptors (Lipinski definition) is 3. The van der Waals surface area contributed by atoms with Crippen molar-refractivity contribution < 1.29 is 4.79 Å². The molecule has 1 rings (SSSR count). The normalized spacial score (nSPS) is 12.2. The van der Waals surface area contributed by atoms with Crippen LogP contribution in [0.4, 0.5) is 0 Å². The van der Waals surface area contributed by atoms with Crippen molar-refractivity contribution in [3.05, 3.63) is 28.5 Å². The number of nitrogens with zero attached hydrogens (tertiary/aromatic N) is 1. The summed E-state index contributed by atoms with van der Waals surface area (Å²) < 4.78 is 0.716.